The molecule has 3 rings (SSSR count). The number of hydrogen-bond acceptors (Lipinski definition) is 5. The van der Waals surface area contributed by atoms with Gasteiger partial charge in [0.2, 0.25) is 5.91 Å². The molecule has 1 aliphatic heterocycles. The van der Waals surface area contributed by atoms with Crippen molar-refractivity contribution in [2.45, 2.75) is 102 Å². The molecule has 172 valence electrons. The van der Waals surface area contributed by atoms with Gasteiger partial charge in [0, 0.05) is 24.8 Å². The Kier molecular flexibility index (Phi) is 8.18. The van der Waals surface area contributed by atoms with Gasteiger partial charge in [0.15, 0.2) is 0 Å². The predicted molar refractivity (Wildman–Crippen MR) is 115 cm³/mol. The van der Waals surface area contributed by atoms with E-state index in [2.05, 4.69) is 6.92 Å². The molecular formula is C22H37N2O5S-. The van der Waals surface area contributed by atoms with Crippen LogP contribution in [0.1, 0.15) is 78.6 Å². The van der Waals surface area contributed by atoms with Crippen LogP contribution in [0.25, 0.3) is 0 Å². The summed E-state index contributed by atoms with van der Waals surface area (Å²) >= 11 is -1.97. The number of amides is 2. The Balaban J connectivity index is 1.71. The van der Waals surface area contributed by atoms with E-state index in [4.69, 9.17) is 4.74 Å². The van der Waals surface area contributed by atoms with Crippen LogP contribution in [0.4, 0.5) is 4.79 Å². The van der Waals surface area contributed by atoms with Crippen LogP contribution in [0.2, 0.25) is 0 Å². The Labute approximate surface area is 183 Å². The lowest BCUT2D eigenvalue weighted by Gasteiger charge is -2.54. The smallest absolute Gasteiger partial charge is 0.410 e. The minimum absolute atomic E-state index is 0.00987. The molecule has 2 saturated carbocycles. The zero-order chi connectivity index (χ0) is 21.8. The third-order valence-corrected chi connectivity index (χ3v) is 8.51. The molecule has 0 radical (unpaired) electrons. The molecule has 0 aromatic rings. The van der Waals surface area contributed by atoms with Crippen LogP contribution < -0.4 is 0 Å². The lowest BCUT2D eigenvalue weighted by atomic mass is 9.69. The summed E-state index contributed by atoms with van der Waals surface area (Å²) in [6.45, 7) is 6.66. The van der Waals surface area contributed by atoms with E-state index in [1.54, 1.807) is 6.92 Å². The predicted octanol–water partition coefficient (Wildman–Crippen LogP) is 3.45. The van der Waals surface area contributed by atoms with Gasteiger partial charge in [0.1, 0.15) is 0 Å². The summed E-state index contributed by atoms with van der Waals surface area (Å²) < 4.78 is 28.1. The normalized spacial score (nSPS) is 35.5. The number of carbonyl (C=O) groups excluding carboxylic acids is 2. The summed E-state index contributed by atoms with van der Waals surface area (Å²) in [5.74, 6) is 1.06. The summed E-state index contributed by atoms with van der Waals surface area (Å²) in [7, 11) is 0. The Morgan fingerprint density at radius 1 is 1.07 bits per heavy atom. The SMILES string of the molecule is CCCCOC(=O)N1C[C@H](C)N(C(C)=O)C2CCC(C3CCC(S(=O)[O-])CC3)CC21. The highest BCUT2D eigenvalue weighted by atomic mass is 32.2. The van der Waals surface area contributed by atoms with Gasteiger partial charge in [-0.1, -0.05) is 24.4 Å². The summed E-state index contributed by atoms with van der Waals surface area (Å²) in [6.07, 6.45) is 7.75. The first-order valence-corrected chi connectivity index (χ1v) is 12.8. The van der Waals surface area contributed by atoms with Gasteiger partial charge in [-0.3, -0.25) is 9.00 Å². The standard InChI is InChI=1S/C22H38N2O5S/c1-4-5-12-29-22(26)23-14-15(2)24(16(3)25)20-11-8-18(13-21(20)23)17-6-9-19(10-7-17)30(27)28/h15,17-21H,4-14H2,1-3H3,(H,27,28)/p-1/t15-,17?,18?,19?,20?,21?/m0/s1. The zero-order valence-corrected chi connectivity index (χ0v) is 19.4. The van der Waals surface area contributed by atoms with Crippen molar-refractivity contribution in [2.24, 2.45) is 11.8 Å². The third kappa shape index (κ3) is 5.18. The van der Waals surface area contributed by atoms with Crippen LogP contribution in [0.5, 0.6) is 0 Å². The van der Waals surface area contributed by atoms with Gasteiger partial charge in [0.05, 0.1) is 18.7 Å². The number of hydrogen-bond donors (Lipinski definition) is 0. The summed E-state index contributed by atoms with van der Waals surface area (Å²) in [4.78, 5) is 29.1. The topological polar surface area (TPSA) is 90.0 Å². The molecule has 3 aliphatic rings. The number of ether oxygens (including phenoxy) is 1. The van der Waals surface area contributed by atoms with Gasteiger partial charge in [-0.05, 0) is 70.1 Å². The quantitative estimate of drug-likeness (QED) is 0.481. The van der Waals surface area contributed by atoms with E-state index in [-0.39, 0.29) is 35.4 Å². The average molecular weight is 442 g/mol. The van der Waals surface area contributed by atoms with Gasteiger partial charge in [0.25, 0.3) is 0 Å². The van der Waals surface area contributed by atoms with Crippen molar-refractivity contribution in [2.75, 3.05) is 13.2 Å². The fraction of sp³-hybridized carbons (Fsp3) is 0.909. The molecule has 7 nitrogen and oxygen atoms in total. The highest BCUT2D eigenvalue weighted by molar-refractivity contribution is 7.79. The van der Waals surface area contributed by atoms with E-state index in [0.717, 1.165) is 57.8 Å². The summed E-state index contributed by atoms with van der Waals surface area (Å²) in [6, 6.07) is 0.0255. The lowest BCUT2D eigenvalue weighted by Crippen LogP contribution is -2.67. The maximum atomic E-state index is 12.9. The monoisotopic (exact) mass is 441 g/mol. The molecule has 2 aliphatic carbocycles. The largest absolute Gasteiger partial charge is 0.772 e. The molecule has 0 aromatic carbocycles. The van der Waals surface area contributed by atoms with E-state index < -0.39 is 11.1 Å². The van der Waals surface area contributed by atoms with Crippen molar-refractivity contribution in [3.63, 3.8) is 0 Å². The fourth-order valence-electron chi connectivity index (χ4n) is 5.98. The molecule has 0 aromatic heterocycles. The molecule has 4 unspecified atom stereocenters. The van der Waals surface area contributed by atoms with Crippen LogP contribution >= 0.6 is 0 Å². The lowest BCUT2D eigenvalue weighted by molar-refractivity contribution is -0.142. The molecule has 5 atom stereocenters. The van der Waals surface area contributed by atoms with Crippen molar-refractivity contribution in [1.29, 1.82) is 0 Å². The molecule has 3 fully saturated rings. The average Bonchev–Trinajstić information content (AvgIpc) is 2.72. The van der Waals surface area contributed by atoms with Gasteiger partial charge >= 0.3 is 6.09 Å². The van der Waals surface area contributed by atoms with Crippen molar-refractivity contribution in [3.05, 3.63) is 0 Å². The number of nitrogens with zero attached hydrogens (tertiary/aromatic N) is 2. The minimum Gasteiger partial charge on any atom is -0.772 e. The second-order valence-corrected chi connectivity index (χ2v) is 10.6. The first kappa shape index (κ1) is 23.5. The third-order valence-electron chi connectivity index (χ3n) is 7.49. The molecule has 0 N–H and O–H groups in total. The molecule has 0 spiro atoms. The first-order valence-electron chi connectivity index (χ1n) is 11.6. The number of piperazine rings is 1. The Bertz CT molecular complexity index is 637. The van der Waals surface area contributed by atoms with Crippen molar-refractivity contribution < 1.29 is 23.1 Å². The molecule has 8 heteroatoms. The number of unbranched alkanes of at least 4 members (excludes halogenated alkanes) is 1. The second kappa shape index (κ2) is 10.4. The van der Waals surface area contributed by atoms with Gasteiger partial charge in [-0.2, -0.15) is 0 Å². The van der Waals surface area contributed by atoms with Gasteiger partial charge < -0.3 is 19.1 Å². The van der Waals surface area contributed by atoms with Crippen LogP contribution in [-0.4, -0.2) is 67.1 Å². The molecule has 2 amide bonds. The highest BCUT2D eigenvalue weighted by Crippen LogP contribution is 2.43. The van der Waals surface area contributed by atoms with Crippen LogP contribution in [-0.2, 0) is 20.6 Å². The molecule has 0 bridgehead atoms. The molecular weight excluding hydrogens is 404 g/mol. The van der Waals surface area contributed by atoms with Crippen LogP contribution in [0.3, 0.4) is 0 Å². The Morgan fingerprint density at radius 3 is 2.33 bits per heavy atom. The summed E-state index contributed by atoms with van der Waals surface area (Å²) in [5, 5.41) is -0.202. The van der Waals surface area contributed by atoms with E-state index in [1.165, 1.54) is 0 Å². The molecule has 1 saturated heterocycles. The maximum absolute atomic E-state index is 12.9. The zero-order valence-electron chi connectivity index (χ0n) is 18.6. The van der Waals surface area contributed by atoms with E-state index in [1.807, 2.05) is 16.7 Å². The Hall–Kier alpha value is -1.15. The van der Waals surface area contributed by atoms with E-state index >= 15 is 0 Å². The van der Waals surface area contributed by atoms with Gasteiger partial charge in [-0.15, -0.1) is 0 Å². The fourth-order valence-corrected chi connectivity index (χ4v) is 6.63. The minimum atomic E-state index is -1.97. The second-order valence-electron chi connectivity index (χ2n) is 9.40. The van der Waals surface area contributed by atoms with Crippen LogP contribution in [0, 0.1) is 11.8 Å². The maximum Gasteiger partial charge on any atom is 0.410 e. The van der Waals surface area contributed by atoms with Crippen molar-refractivity contribution in [1.82, 2.24) is 9.80 Å². The van der Waals surface area contributed by atoms with Gasteiger partial charge in [-0.25, -0.2) is 4.79 Å². The van der Waals surface area contributed by atoms with E-state index in [0.29, 0.717) is 25.0 Å². The summed E-state index contributed by atoms with van der Waals surface area (Å²) in [5.41, 5.74) is 0. The number of fused-ring (bicyclic) bond motifs is 1. The van der Waals surface area contributed by atoms with E-state index in [9.17, 15) is 18.4 Å². The highest BCUT2D eigenvalue weighted by Gasteiger charge is 2.48. The number of carbonyl (C=O) groups is 2. The molecule has 30 heavy (non-hydrogen) atoms. The van der Waals surface area contributed by atoms with Crippen LogP contribution in [0.15, 0.2) is 0 Å². The Morgan fingerprint density at radius 2 is 1.73 bits per heavy atom. The van der Waals surface area contributed by atoms with Crippen molar-refractivity contribution in [3.8, 4) is 0 Å². The number of rotatable bonds is 5. The molecule has 1 heterocycles. The van der Waals surface area contributed by atoms with Crippen molar-refractivity contribution >= 4 is 23.1 Å². The first-order chi connectivity index (χ1) is 14.3.